The lowest BCUT2D eigenvalue weighted by Gasteiger charge is -2.19. The van der Waals surface area contributed by atoms with E-state index in [2.05, 4.69) is 27.8 Å². The minimum atomic E-state index is -4.25. The van der Waals surface area contributed by atoms with E-state index in [1.807, 2.05) is 0 Å². The summed E-state index contributed by atoms with van der Waals surface area (Å²) in [5.41, 5.74) is 0.542. The van der Waals surface area contributed by atoms with E-state index in [1.165, 1.54) is 30.3 Å². The molecule has 0 atom stereocenters. The van der Waals surface area contributed by atoms with Gasteiger partial charge in [-0.05, 0) is 30.3 Å². The summed E-state index contributed by atoms with van der Waals surface area (Å²) in [6.45, 7) is 0. The summed E-state index contributed by atoms with van der Waals surface area (Å²) in [5, 5.41) is 9.80. The second-order valence-corrected chi connectivity index (χ2v) is 6.70. The first-order valence-electron chi connectivity index (χ1n) is 6.45. The Morgan fingerprint density at radius 2 is 1.83 bits per heavy atom. The molecule has 0 unspecified atom stereocenters. The molecule has 0 aliphatic carbocycles. The largest absolute Gasteiger partial charge is 0.464 e. The molecule has 118 valence electrons. The van der Waals surface area contributed by atoms with E-state index >= 15 is 0 Å². The Morgan fingerprint density at radius 1 is 1.13 bits per heavy atom. The number of carboxylic acid groups (broad SMARTS) is 1. The number of hydrogen-bond donors (Lipinski definition) is 1. The van der Waals surface area contributed by atoms with Crippen LogP contribution in [0.5, 0.6) is 0 Å². The highest BCUT2D eigenvalue weighted by atomic mass is 79.9. The first-order chi connectivity index (χ1) is 11.0. The van der Waals surface area contributed by atoms with Crippen LogP contribution in [-0.2, 0) is 10.0 Å². The number of amides is 1. The number of anilines is 1. The van der Waals surface area contributed by atoms with Crippen molar-refractivity contribution in [3.8, 4) is 11.8 Å². The van der Waals surface area contributed by atoms with Crippen molar-refractivity contribution >= 4 is 37.7 Å². The van der Waals surface area contributed by atoms with Gasteiger partial charge in [0.05, 0.1) is 15.9 Å². The van der Waals surface area contributed by atoms with Gasteiger partial charge < -0.3 is 5.11 Å². The quantitative estimate of drug-likeness (QED) is 0.640. The van der Waals surface area contributed by atoms with Crippen LogP contribution < -0.4 is 4.31 Å². The Labute approximate surface area is 142 Å². The number of alkyl halides is 1. The van der Waals surface area contributed by atoms with Crippen molar-refractivity contribution in [2.75, 3.05) is 9.64 Å². The van der Waals surface area contributed by atoms with Crippen LogP contribution in [0.2, 0.25) is 0 Å². The molecule has 0 spiro atoms. The highest BCUT2D eigenvalue weighted by Gasteiger charge is 2.30. The molecule has 7 heteroatoms. The van der Waals surface area contributed by atoms with Gasteiger partial charge in [-0.3, -0.25) is 0 Å². The van der Waals surface area contributed by atoms with Gasteiger partial charge in [-0.1, -0.05) is 52.0 Å². The zero-order valence-corrected chi connectivity index (χ0v) is 14.2. The standard InChI is InChI=1S/C16H12BrNO4S/c17-11-5-7-13-6-4-10-15(12-13)23(21,22)18(16(19)20)14-8-2-1-3-9-14/h1-4,6,8-10,12H,11H2,(H,19,20). The Morgan fingerprint density at radius 3 is 2.43 bits per heavy atom. The Bertz CT molecular complexity index is 870. The van der Waals surface area contributed by atoms with Gasteiger partial charge in [-0.15, -0.1) is 0 Å². The summed E-state index contributed by atoms with van der Waals surface area (Å²) in [7, 11) is -4.25. The third-order valence-electron chi connectivity index (χ3n) is 2.84. The maximum Gasteiger partial charge on any atom is 0.426 e. The SMILES string of the molecule is O=C(O)N(c1ccccc1)S(=O)(=O)c1cccc(C#CCBr)c1. The van der Waals surface area contributed by atoms with Crippen molar-refractivity contribution < 1.29 is 18.3 Å². The van der Waals surface area contributed by atoms with Gasteiger partial charge in [0.25, 0.3) is 10.0 Å². The molecular weight excluding hydrogens is 382 g/mol. The fraction of sp³-hybridized carbons (Fsp3) is 0.0625. The molecule has 0 radical (unpaired) electrons. The molecule has 2 aromatic carbocycles. The molecule has 0 saturated heterocycles. The Balaban J connectivity index is 2.53. The number of nitrogens with zero attached hydrogens (tertiary/aromatic N) is 1. The number of sulfonamides is 1. The van der Waals surface area contributed by atoms with Gasteiger partial charge in [0.2, 0.25) is 0 Å². The van der Waals surface area contributed by atoms with Crippen LogP contribution >= 0.6 is 15.9 Å². The van der Waals surface area contributed by atoms with E-state index in [0.29, 0.717) is 15.2 Å². The fourth-order valence-electron chi connectivity index (χ4n) is 1.89. The van der Waals surface area contributed by atoms with Crippen LogP contribution in [0.3, 0.4) is 0 Å². The summed E-state index contributed by atoms with van der Waals surface area (Å²) >= 11 is 3.16. The molecule has 1 amide bonds. The molecule has 5 nitrogen and oxygen atoms in total. The van der Waals surface area contributed by atoms with Crippen LogP contribution in [0.4, 0.5) is 10.5 Å². The smallest absolute Gasteiger partial charge is 0.426 e. The topological polar surface area (TPSA) is 74.7 Å². The van der Waals surface area contributed by atoms with Gasteiger partial charge in [0, 0.05) is 5.56 Å². The zero-order chi connectivity index (χ0) is 16.9. The van der Waals surface area contributed by atoms with Crippen molar-refractivity contribution in [3.63, 3.8) is 0 Å². The lowest BCUT2D eigenvalue weighted by molar-refractivity contribution is 0.206. The molecule has 1 N–H and O–H groups in total. The minimum Gasteiger partial charge on any atom is -0.464 e. The monoisotopic (exact) mass is 393 g/mol. The van der Waals surface area contributed by atoms with Crippen molar-refractivity contribution in [2.24, 2.45) is 0 Å². The van der Waals surface area contributed by atoms with Crippen LogP contribution in [0.25, 0.3) is 0 Å². The second-order valence-electron chi connectivity index (χ2n) is 4.35. The number of para-hydroxylation sites is 1. The first kappa shape index (κ1) is 17.1. The van der Waals surface area contributed by atoms with E-state index < -0.39 is 16.1 Å². The molecule has 0 bridgehead atoms. The van der Waals surface area contributed by atoms with Crippen molar-refractivity contribution in [1.82, 2.24) is 0 Å². The molecular formula is C16H12BrNO4S. The number of halogens is 1. The van der Waals surface area contributed by atoms with Crippen molar-refractivity contribution in [3.05, 3.63) is 60.2 Å². The average Bonchev–Trinajstić information content (AvgIpc) is 2.53. The highest BCUT2D eigenvalue weighted by molar-refractivity contribution is 9.09. The lowest BCUT2D eigenvalue weighted by Crippen LogP contribution is -2.35. The summed E-state index contributed by atoms with van der Waals surface area (Å²) in [6, 6.07) is 13.5. The molecule has 0 aliphatic rings. The lowest BCUT2D eigenvalue weighted by atomic mass is 10.2. The molecule has 0 fully saturated rings. The van der Waals surface area contributed by atoms with Gasteiger partial charge in [0.15, 0.2) is 0 Å². The maximum absolute atomic E-state index is 12.7. The maximum atomic E-state index is 12.7. The van der Waals surface area contributed by atoms with Crippen molar-refractivity contribution in [2.45, 2.75) is 4.90 Å². The van der Waals surface area contributed by atoms with Gasteiger partial charge in [0.1, 0.15) is 0 Å². The van der Waals surface area contributed by atoms with Crippen LogP contribution in [0.15, 0.2) is 59.5 Å². The highest BCUT2D eigenvalue weighted by Crippen LogP contribution is 2.24. The molecule has 2 rings (SSSR count). The third kappa shape index (κ3) is 3.92. The van der Waals surface area contributed by atoms with E-state index in [1.54, 1.807) is 24.3 Å². The summed E-state index contributed by atoms with van der Waals surface area (Å²) < 4.78 is 25.7. The first-order valence-corrected chi connectivity index (χ1v) is 9.01. The van der Waals surface area contributed by atoms with Crippen molar-refractivity contribution in [1.29, 1.82) is 0 Å². The molecule has 0 aliphatic heterocycles. The van der Waals surface area contributed by atoms with Gasteiger partial charge in [-0.2, -0.15) is 4.31 Å². The average molecular weight is 394 g/mol. The molecule has 23 heavy (non-hydrogen) atoms. The summed E-state index contributed by atoms with van der Waals surface area (Å²) in [4.78, 5) is 11.4. The fourth-order valence-corrected chi connectivity index (χ4v) is 3.37. The number of hydrogen-bond acceptors (Lipinski definition) is 3. The van der Waals surface area contributed by atoms with Crippen LogP contribution in [-0.4, -0.2) is 24.9 Å². The van der Waals surface area contributed by atoms with Gasteiger partial charge in [-0.25, -0.2) is 13.2 Å². The molecule has 0 aromatic heterocycles. The summed E-state index contributed by atoms with van der Waals surface area (Å²) in [6.07, 6.45) is -1.58. The third-order valence-corrected chi connectivity index (χ3v) is 4.81. The Hall–Kier alpha value is -2.30. The van der Waals surface area contributed by atoms with Gasteiger partial charge >= 0.3 is 6.09 Å². The Kier molecular flexibility index (Phi) is 5.42. The predicted octanol–water partition coefficient (Wildman–Crippen LogP) is 3.31. The van der Waals surface area contributed by atoms with E-state index in [0.717, 1.165) is 0 Å². The summed E-state index contributed by atoms with van der Waals surface area (Å²) in [5.74, 6) is 5.56. The number of carbonyl (C=O) groups is 1. The molecule has 2 aromatic rings. The van der Waals surface area contributed by atoms with Crippen LogP contribution in [0.1, 0.15) is 5.56 Å². The number of rotatable bonds is 3. The predicted molar refractivity (Wildman–Crippen MR) is 91.2 cm³/mol. The minimum absolute atomic E-state index is 0.0527. The molecule has 0 saturated carbocycles. The molecule has 0 heterocycles. The second kappa shape index (κ2) is 7.31. The zero-order valence-electron chi connectivity index (χ0n) is 11.8. The van der Waals surface area contributed by atoms with E-state index in [4.69, 9.17) is 0 Å². The van der Waals surface area contributed by atoms with E-state index in [9.17, 15) is 18.3 Å². The van der Waals surface area contributed by atoms with Crippen LogP contribution in [0, 0.1) is 11.8 Å². The van der Waals surface area contributed by atoms with E-state index in [-0.39, 0.29) is 10.6 Å². The number of benzene rings is 2. The normalized spacial score (nSPS) is 10.5.